The Hall–Kier alpha value is -2.06. The van der Waals surface area contributed by atoms with E-state index < -0.39 is 9.84 Å². The summed E-state index contributed by atoms with van der Waals surface area (Å²) in [4.78, 5) is 17.0. The van der Waals surface area contributed by atoms with Crippen LogP contribution in [0.1, 0.15) is 25.8 Å². The number of halogens is 1. The summed E-state index contributed by atoms with van der Waals surface area (Å²) in [6.45, 7) is 6.31. The lowest BCUT2D eigenvalue weighted by atomic mass is 10.1. The van der Waals surface area contributed by atoms with E-state index in [1.807, 2.05) is 24.3 Å². The number of ether oxygens (including phenoxy) is 1. The second-order valence-electron chi connectivity index (χ2n) is 7.66. The topological polar surface area (TPSA) is 66.9 Å². The second-order valence-corrected chi connectivity index (χ2v) is 10.8. The van der Waals surface area contributed by atoms with Crippen LogP contribution in [0.3, 0.4) is 0 Å². The maximum atomic E-state index is 13.0. The molecule has 0 aliphatic carbocycles. The zero-order valence-electron chi connectivity index (χ0n) is 18.0. The fourth-order valence-corrected chi connectivity index (χ4v) is 5.79. The average molecular weight is 509 g/mol. The molecular weight excluding hydrogens is 480 g/mol. The van der Waals surface area contributed by atoms with Crippen LogP contribution < -0.4 is 9.64 Å². The molecule has 1 atom stereocenters. The van der Waals surface area contributed by atoms with Crippen molar-refractivity contribution in [3.05, 3.63) is 58.6 Å². The Bertz CT molecular complexity index is 974. The predicted octanol–water partition coefficient (Wildman–Crippen LogP) is 3.89. The Morgan fingerprint density at radius 3 is 2.26 bits per heavy atom. The van der Waals surface area contributed by atoms with Crippen molar-refractivity contribution in [2.75, 3.05) is 36.1 Å². The van der Waals surface area contributed by atoms with Crippen molar-refractivity contribution < 1.29 is 17.9 Å². The smallest absolute Gasteiger partial charge is 0.261 e. The average Bonchev–Trinajstić information content (AvgIpc) is 3.12. The molecule has 0 aromatic heterocycles. The number of hydrogen-bond acceptors (Lipinski definition) is 5. The first-order valence-electron chi connectivity index (χ1n) is 10.5. The molecule has 0 radical (unpaired) electrons. The normalized spacial score (nSPS) is 17.3. The van der Waals surface area contributed by atoms with Crippen LogP contribution in [0.2, 0.25) is 0 Å². The molecule has 1 amide bonds. The number of benzene rings is 2. The van der Waals surface area contributed by atoms with Crippen LogP contribution in [-0.4, -0.2) is 56.5 Å². The monoisotopic (exact) mass is 508 g/mol. The molecule has 8 heteroatoms. The van der Waals surface area contributed by atoms with E-state index in [1.165, 1.54) is 0 Å². The summed E-state index contributed by atoms with van der Waals surface area (Å²) in [5.74, 6) is 0.516. The highest BCUT2D eigenvalue weighted by Crippen LogP contribution is 2.23. The summed E-state index contributed by atoms with van der Waals surface area (Å²) in [5, 5.41) is 0. The summed E-state index contributed by atoms with van der Waals surface area (Å²) in [5.41, 5.74) is 2.10. The number of rotatable bonds is 9. The van der Waals surface area contributed by atoms with Gasteiger partial charge < -0.3 is 14.5 Å². The molecule has 1 aliphatic heterocycles. The van der Waals surface area contributed by atoms with Crippen molar-refractivity contribution in [2.45, 2.75) is 32.9 Å². The van der Waals surface area contributed by atoms with Gasteiger partial charge in [-0.05, 0) is 62.2 Å². The molecule has 0 saturated carbocycles. The second kappa shape index (κ2) is 10.5. The molecule has 168 valence electrons. The van der Waals surface area contributed by atoms with E-state index in [0.29, 0.717) is 18.7 Å². The molecule has 1 unspecified atom stereocenters. The van der Waals surface area contributed by atoms with Gasteiger partial charge in [0.2, 0.25) is 0 Å². The predicted molar refractivity (Wildman–Crippen MR) is 127 cm³/mol. The Morgan fingerprint density at radius 2 is 1.71 bits per heavy atom. The van der Waals surface area contributed by atoms with Gasteiger partial charge in [-0.15, -0.1) is 0 Å². The molecule has 1 fully saturated rings. The summed E-state index contributed by atoms with van der Waals surface area (Å²) in [6.07, 6.45) is 0.462. The van der Waals surface area contributed by atoms with Crippen molar-refractivity contribution >= 4 is 37.4 Å². The molecule has 31 heavy (non-hydrogen) atoms. The maximum absolute atomic E-state index is 13.0. The van der Waals surface area contributed by atoms with Crippen molar-refractivity contribution in [3.63, 3.8) is 0 Å². The van der Waals surface area contributed by atoms with Gasteiger partial charge in [0.1, 0.15) is 5.75 Å². The third-order valence-electron chi connectivity index (χ3n) is 5.56. The minimum atomic E-state index is -3.11. The van der Waals surface area contributed by atoms with E-state index in [2.05, 4.69) is 46.8 Å². The van der Waals surface area contributed by atoms with Crippen LogP contribution in [0.5, 0.6) is 5.75 Å². The van der Waals surface area contributed by atoms with E-state index in [-0.39, 0.29) is 30.1 Å². The number of nitrogens with zero attached hydrogens (tertiary/aromatic N) is 2. The van der Waals surface area contributed by atoms with Gasteiger partial charge in [-0.25, -0.2) is 8.42 Å². The lowest BCUT2D eigenvalue weighted by molar-refractivity contribution is -0.136. The zero-order chi connectivity index (χ0) is 22.4. The van der Waals surface area contributed by atoms with Gasteiger partial charge >= 0.3 is 0 Å². The summed E-state index contributed by atoms with van der Waals surface area (Å²) < 4.78 is 30.7. The minimum Gasteiger partial charge on any atom is -0.484 e. The Labute approximate surface area is 193 Å². The van der Waals surface area contributed by atoms with Gasteiger partial charge in [-0.1, -0.05) is 28.1 Å². The van der Waals surface area contributed by atoms with Gasteiger partial charge in [0, 0.05) is 35.8 Å². The maximum Gasteiger partial charge on any atom is 0.261 e. The Balaban J connectivity index is 1.73. The van der Waals surface area contributed by atoms with E-state index >= 15 is 0 Å². The van der Waals surface area contributed by atoms with Crippen molar-refractivity contribution in [2.24, 2.45) is 0 Å². The molecule has 2 aromatic rings. The van der Waals surface area contributed by atoms with Gasteiger partial charge in [-0.3, -0.25) is 4.79 Å². The molecule has 0 N–H and O–H groups in total. The van der Waals surface area contributed by atoms with Crippen molar-refractivity contribution in [1.29, 1.82) is 0 Å². The first-order valence-corrected chi connectivity index (χ1v) is 13.1. The number of hydrogen-bond donors (Lipinski definition) is 0. The largest absolute Gasteiger partial charge is 0.484 e. The molecule has 0 bridgehead atoms. The number of carbonyl (C=O) groups is 1. The molecule has 6 nitrogen and oxygen atoms in total. The van der Waals surface area contributed by atoms with Gasteiger partial charge in [0.15, 0.2) is 16.4 Å². The lowest BCUT2D eigenvalue weighted by Gasteiger charge is -2.29. The van der Waals surface area contributed by atoms with E-state index in [4.69, 9.17) is 4.74 Å². The zero-order valence-corrected chi connectivity index (χ0v) is 20.4. The summed E-state index contributed by atoms with van der Waals surface area (Å²) >= 11 is 3.37. The number of anilines is 1. The molecule has 1 heterocycles. The van der Waals surface area contributed by atoms with E-state index in [1.54, 1.807) is 17.0 Å². The highest BCUT2D eigenvalue weighted by Gasteiger charge is 2.34. The third-order valence-corrected chi connectivity index (χ3v) is 7.84. The minimum absolute atomic E-state index is 0.00849. The van der Waals surface area contributed by atoms with Crippen LogP contribution in [0.15, 0.2) is 53.0 Å². The molecule has 3 rings (SSSR count). The number of carbonyl (C=O) groups excluding carboxylic acids is 1. The third kappa shape index (κ3) is 6.46. The van der Waals surface area contributed by atoms with Crippen LogP contribution in [0, 0.1) is 0 Å². The Morgan fingerprint density at radius 1 is 1.06 bits per heavy atom. The quantitative estimate of drug-likeness (QED) is 0.513. The number of amides is 1. The number of sulfone groups is 1. The highest BCUT2D eigenvalue weighted by molar-refractivity contribution is 9.10. The fourth-order valence-electron chi connectivity index (χ4n) is 3.80. The van der Waals surface area contributed by atoms with E-state index in [0.717, 1.165) is 28.8 Å². The Kier molecular flexibility index (Phi) is 8.00. The molecule has 1 saturated heterocycles. The first kappa shape index (κ1) is 23.6. The highest BCUT2D eigenvalue weighted by atomic mass is 79.9. The van der Waals surface area contributed by atoms with Gasteiger partial charge in [0.05, 0.1) is 11.5 Å². The molecule has 2 aromatic carbocycles. The molecule has 1 aliphatic rings. The van der Waals surface area contributed by atoms with Crippen LogP contribution in [0.4, 0.5) is 5.69 Å². The first-order chi connectivity index (χ1) is 14.8. The van der Waals surface area contributed by atoms with Crippen LogP contribution in [-0.2, 0) is 21.2 Å². The lowest BCUT2D eigenvalue weighted by Crippen LogP contribution is -2.43. The summed E-state index contributed by atoms with van der Waals surface area (Å²) in [7, 11) is -3.11. The summed E-state index contributed by atoms with van der Waals surface area (Å²) in [6, 6.07) is 15.1. The van der Waals surface area contributed by atoms with Crippen molar-refractivity contribution in [3.8, 4) is 5.75 Å². The van der Waals surface area contributed by atoms with Crippen LogP contribution >= 0.6 is 15.9 Å². The fraction of sp³-hybridized carbons (Fsp3) is 0.435. The molecule has 0 spiro atoms. The van der Waals surface area contributed by atoms with E-state index in [9.17, 15) is 13.2 Å². The van der Waals surface area contributed by atoms with Crippen LogP contribution in [0.25, 0.3) is 0 Å². The standard InChI is InChI=1S/C23H29BrN2O4S/c1-3-25(4-2)20-9-5-18(6-10-20)15-26(21-13-14-31(28,29)17-21)23(27)16-30-22-11-7-19(24)8-12-22/h5-12,21H,3-4,13-17H2,1-2H3. The van der Waals surface area contributed by atoms with Gasteiger partial charge in [-0.2, -0.15) is 0 Å². The van der Waals surface area contributed by atoms with Crippen molar-refractivity contribution in [1.82, 2.24) is 4.90 Å². The van der Waals surface area contributed by atoms with Gasteiger partial charge in [0.25, 0.3) is 5.91 Å². The molecular formula is C23H29BrN2O4S. The SMILES string of the molecule is CCN(CC)c1ccc(CN(C(=O)COc2ccc(Br)cc2)C2CCS(=O)(=O)C2)cc1.